The maximum atomic E-state index is 9.19. The van der Waals surface area contributed by atoms with Crippen LogP contribution in [0.25, 0.3) is 0 Å². The Morgan fingerprint density at radius 2 is 1.50 bits per heavy atom. The van der Waals surface area contributed by atoms with Crippen molar-refractivity contribution in [2.75, 3.05) is 0 Å². The quantitative estimate of drug-likeness (QED) is 0.368. The molecule has 0 fully saturated rings. The van der Waals surface area contributed by atoms with Crippen LogP contribution < -0.4 is 0 Å². The third-order valence-corrected chi connectivity index (χ3v) is 0.365. The van der Waals surface area contributed by atoms with Gasteiger partial charge in [0.1, 0.15) is 6.79 Å². The summed E-state index contributed by atoms with van der Waals surface area (Å²) in [5.74, 6) is 0. The zero-order valence-corrected chi connectivity index (χ0v) is 4.59. The predicted molar refractivity (Wildman–Crippen MR) is 25.4 cm³/mol. The molecule has 0 amide bonds. The molecule has 0 aliphatic rings. The molecule has 5 nitrogen and oxygen atoms in total. The molecule has 0 spiro atoms. The maximum Gasteiger partial charge on any atom is 0.325 e. The predicted octanol–water partition coefficient (Wildman–Crippen LogP) is -1.12. The van der Waals surface area contributed by atoms with E-state index in [9.17, 15) is 8.42 Å². The van der Waals surface area contributed by atoms with Gasteiger partial charge in [0, 0.05) is 0 Å². The van der Waals surface area contributed by atoms with Gasteiger partial charge in [0.15, 0.2) is 0 Å². The van der Waals surface area contributed by atoms with E-state index in [1.54, 1.807) is 0 Å². The summed E-state index contributed by atoms with van der Waals surface area (Å²) in [6.45, 7) is 2.00. The molecule has 0 saturated carbocycles. The largest absolute Gasteiger partial charge is 0.325 e. The van der Waals surface area contributed by atoms with Gasteiger partial charge in [0.05, 0.1) is 0 Å². The molecular formula is C2H4O5S. The minimum absolute atomic E-state index is 0.535. The van der Waals surface area contributed by atoms with Crippen LogP contribution in [0.2, 0.25) is 0 Å². The Labute approximate surface area is 46.1 Å². The Morgan fingerprint density at radius 1 is 1.38 bits per heavy atom. The molecule has 0 aromatic carbocycles. The van der Waals surface area contributed by atoms with E-state index >= 15 is 0 Å². The highest BCUT2D eigenvalue weighted by atomic mass is 32.2. The second-order valence-corrected chi connectivity index (χ2v) is 1.83. The van der Waals surface area contributed by atoms with E-state index in [-0.39, 0.29) is 0 Å². The summed E-state index contributed by atoms with van der Waals surface area (Å²) in [4.78, 5) is 17.0. The number of carbonyl (C=O) groups is 2. The van der Waals surface area contributed by atoms with Crippen molar-refractivity contribution in [2.24, 2.45) is 0 Å². The fraction of sp³-hybridized carbons (Fsp3) is 0. The number of hydrogen-bond donors (Lipinski definition) is 1. The molecule has 0 heterocycles. The van der Waals surface area contributed by atoms with Gasteiger partial charge in [-0.3, -0.25) is 9.35 Å². The lowest BCUT2D eigenvalue weighted by atomic mass is 11.8. The molecule has 0 bridgehead atoms. The zero-order chi connectivity index (χ0) is 7.21. The molecule has 0 radical (unpaired) electrons. The van der Waals surface area contributed by atoms with Crippen LogP contribution >= 0.6 is 0 Å². The average Bonchev–Trinajstić information content (AvgIpc) is 1.71. The first-order valence-electron chi connectivity index (χ1n) is 1.28. The molecule has 0 atom stereocenters. The fourth-order valence-corrected chi connectivity index (χ4v) is 0. The van der Waals surface area contributed by atoms with Crippen LogP contribution in [0.1, 0.15) is 0 Å². The SMILES string of the molecule is C=O.O=CS(=O)(=O)O. The first kappa shape index (κ1) is 10.3. The third kappa shape index (κ3) is 18.7. The normalized spacial score (nSPS) is 8.62. The molecule has 1 N–H and O–H groups in total. The van der Waals surface area contributed by atoms with Crippen molar-refractivity contribution in [3.05, 3.63) is 0 Å². The van der Waals surface area contributed by atoms with Crippen LogP contribution in [0.5, 0.6) is 0 Å². The Kier molecular flexibility index (Phi) is 5.66. The van der Waals surface area contributed by atoms with Gasteiger partial charge in [-0.05, 0) is 0 Å². The Bertz CT molecular complexity index is 132. The van der Waals surface area contributed by atoms with Crippen molar-refractivity contribution < 1.29 is 22.6 Å². The maximum absolute atomic E-state index is 9.19. The molecule has 6 heteroatoms. The van der Waals surface area contributed by atoms with Gasteiger partial charge in [-0.15, -0.1) is 0 Å². The second-order valence-electron chi connectivity index (χ2n) is 0.611. The first-order chi connectivity index (χ1) is 3.56. The lowest BCUT2D eigenvalue weighted by Gasteiger charge is -1.68. The minimum Gasteiger partial charge on any atom is -0.307 e. The molecule has 8 heavy (non-hydrogen) atoms. The zero-order valence-electron chi connectivity index (χ0n) is 3.77. The molecule has 0 aromatic heterocycles. The number of hydrogen-bond acceptors (Lipinski definition) is 4. The third-order valence-electron chi connectivity index (χ3n) is 0.122. The second kappa shape index (κ2) is 4.41. The van der Waals surface area contributed by atoms with Gasteiger partial charge in [-0.1, -0.05) is 0 Å². The van der Waals surface area contributed by atoms with Crippen LogP contribution in [0.15, 0.2) is 0 Å². The summed E-state index contributed by atoms with van der Waals surface area (Å²) < 4.78 is 25.8. The van der Waals surface area contributed by atoms with Gasteiger partial charge in [0.25, 0.3) is 5.62 Å². The number of rotatable bonds is 1. The molecule has 0 rings (SSSR count). The average molecular weight is 140 g/mol. The van der Waals surface area contributed by atoms with Crippen LogP contribution in [-0.2, 0) is 19.7 Å². The van der Waals surface area contributed by atoms with Gasteiger partial charge in [-0.2, -0.15) is 8.42 Å². The molecule has 0 unspecified atom stereocenters. The summed E-state index contributed by atoms with van der Waals surface area (Å²) in [6, 6.07) is 0. The number of carbonyl (C=O) groups excluding carboxylic acids is 2. The van der Waals surface area contributed by atoms with E-state index in [0.717, 1.165) is 0 Å². The van der Waals surface area contributed by atoms with Crippen molar-refractivity contribution in [3.8, 4) is 0 Å². The van der Waals surface area contributed by atoms with E-state index in [1.807, 2.05) is 6.79 Å². The van der Waals surface area contributed by atoms with Crippen LogP contribution in [0.4, 0.5) is 0 Å². The van der Waals surface area contributed by atoms with Crippen molar-refractivity contribution in [2.45, 2.75) is 0 Å². The van der Waals surface area contributed by atoms with Gasteiger partial charge in [-0.25, -0.2) is 0 Å². The van der Waals surface area contributed by atoms with Gasteiger partial charge in [0.2, 0.25) is 0 Å². The monoisotopic (exact) mass is 140 g/mol. The standard InChI is InChI=1S/CH2O4S.CH2O/c2-1-6(3,4)5;1-2/h1H,(H,3,4,5);1H2. The highest BCUT2D eigenvalue weighted by Crippen LogP contribution is 1.64. The van der Waals surface area contributed by atoms with Crippen molar-refractivity contribution >= 4 is 22.5 Å². The van der Waals surface area contributed by atoms with E-state index in [2.05, 4.69) is 0 Å². The smallest absolute Gasteiger partial charge is 0.307 e. The Morgan fingerprint density at radius 3 is 1.50 bits per heavy atom. The highest BCUT2D eigenvalue weighted by molar-refractivity contribution is 7.99. The Hall–Kier alpha value is -0.750. The topological polar surface area (TPSA) is 88.5 Å². The lowest BCUT2D eigenvalue weighted by molar-refractivity contribution is -0.0979. The van der Waals surface area contributed by atoms with E-state index in [1.165, 1.54) is 0 Å². The molecule has 0 saturated heterocycles. The fourth-order valence-electron chi connectivity index (χ4n) is 0. The summed E-state index contributed by atoms with van der Waals surface area (Å²) in [5.41, 5.74) is -0.535. The minimum atomic E-state index is -4.34. The lowest BCUT2D eigenvalue weighted by Crippen LogP contribution is -1.94. The highest BCUT2D eigenvalue weighted by Gasteiger charge is 1.94. The molecule has 0 aliphatic heterocycles. The molecular weight excluding hydrogens is 136 g/mol. The van der Waals surface area contributed by atoms with Gasteiger partial charge >= 0.3 is 10.1 Å². The summed E-state index contributed by atoms with van der Waals surface area (Å²) in [5, 5.41) is 0. The molecule has 0 aromatic rings. The van der Waals surface area contributed by atoms with Crippen LogP contribution in [0.3, 0.4) is 0 Å². The van der Waals surface area contributed by atoms with Crippen molar-refractivity contribution in [3.63, 3.8) is 0 Å². The summed E-state index contributed by atoms with van der Waals surface area (Å²) in [6.07, 6.45) is 0. The molecule has 48 valence electrons. The van der Waals surface area contributed by atoms with E-state index in [4.69, 9.17) is 14.1 Å². The molecule has 0 aliphatic carbocycles. The summed E-state index contributed by atoms with van der Waals surface area (Å²) in [7, 11) is -4.34. The first-order valence-corrected chi connectivity index (χ1v) is 2.78. The van der Waals surface area contributed by atoms with Crippen molar-refractivity contribution in [1.82, 2.24) is 0 Å². The Balaban J connectivity index is 0. The van der Waals surface area contributed by atoms with Crippen LogP contribution in [0, 0.1) is 0 Å². The van der Waals surface area contributed by atoms with E-state index < -0.39 is 15.7 Å². The summed E-state index contributed by atoms with van der Waals surface area (Å²) >= 11 is 0. The van der Waals surface area contributed by atoms with E-state index in [0.29, 0.717) is 0 Å². The van der Waals surface area contributed by atoms with Crippen molar-refractivity contribution in [1.29, 1.82) is 0 Å². The van der Waals surface area contributed by atoms with Gasteiger partial charge < -0.3 is 4.79 Å². The van der Waals surface area contributed by atoms with Crippen LogP contribution in [-0.4, -0.2) is 25.4 Å².